The normalized spacial score (nSPS) is 13.5. The van der Waals surface area contributed by atoms with Gasteiger partial charge in [-0.05, 0) is 31.4 Å². The van der Waals surface area contributed by atoms with Crippen LogP contribution in [0.1, 0.15) is 37.6 Å². The summed E-state index contributed by atoms with van der Waals surface area (Å²) in [5.41, 5.74) is -0.0471. The smallest absolute Gasteiger partial charge is 0.337 e. The molecule has 2 N–H and O–H groups in total. The third kappa shape index (κ3) is 4.60. The second kappa shape index (κ2) is 6.12. The molecule has 0 radical (unpaired) electrons. The van der Waals surface area contributed by atoms with E-state index >= 15 is 0 Å². The molecule has 1 atom stereocenters. The topological polar surface area (TPSA) is 96.4 Å². The Morgan fingerprint density at radius 1 is 1.37 bits per heavy atom. The number of hydrogen-bond acceptors (Lipinski definition) is 4. The maximum absolute atomic E-state index is 12.0. The summed E-state index contributed by atoms with van der Waals surface area (Å²) < 4.78 is 26.5. The Hall–Kier alpha value is -1.47. The maximum Gasteiger partial charge on any atom is 0.337 e. The van der Waals surface area contributed by atoms with Crippen molar-refractivity contribution in [2.75, 3.05) is 0 Å². The molecular weight excluding hydrogens is 268 g/mol. The minimum atomic E-state index is -3.70. The lowest BCUT2D eigenvalue weighted by Crippen LogP contribution is -2.34. The number of rotatable bonds is 6. The molecule has 7 heteroatoms. The maximum atomic E-state index is 12.0. The molecule has 0 amide bonds. The van der Waals surface area contributed by atoms with Crippen LogP contribution in [0.2, 0.25) is 0 Å². The number of pyridine rings is 1. The molecule has 1 aromatic heterocycles. The summed E-state index contributed by atoms with van der Waals surface area (Å²) in [6.45, 7) is 5.79. The van der Waals surface area contributed by atoms with Crippen LogP contribution in [0.15, 0.2) is 23.4 Å². The van der Waals surface area contributed by atoms with Crippen molar-refractivity contribution in [2.45, 2.75) is 38.3 Å². The quantitative estimate of drug-likeness (QED) is 0.826. The van der Waals surface area contributed by atoms with Gasteiger partial charge < -0.3 is 5.11 Å². The fraction of sp³-hybridized carbons (Fsp3) is 0.500. The number of carboxylic acids is 1. The van der Waals surface area contributed by atoms with Gasteiger partial charge in [-0.25, -0.2) is 22.9 Å². The number of carboxylic acid groups (broad SMARTS) is 1. The minimum absolute atomic E-state index is 0.0471. The van der Waals surface area contributed by atoms with Crippen LogP contribution >= 0.6 is 0 Å². The Kier molecular flexibility index (Phi) is 5.02. The molecule has 1 unspecified atom stereocenters. The fourth-order valence-electron chi connectivity index (χ4n) is 1.75. The van der Waals surface area contributed by atoms with E-state index in [1.807, 2.05) is 13.8 Å². The van der Waals surface area contributed by atoms with Crippen molar-refractivity contribution in [1.29, 1.82) is 0 Å². The lowest BCUT2D eigenvalue weighted by Gasteiger charge is -2.15. The minimum Gasteiger partial charge on any atom is -0.478 e. The second-order valence-corrected chi connectivity index (χ2v) is 6.50. The summed E-state index contributed by atoms with van der Waals surface area (Å²) in [6, 6.07) is 2.20. The largest absolute Gasteiger partial charge is 0.478 e. The van der Waals surface area contributed by atoms with E-state index in [0.29, 0.717) is 12.3 Å². The highest BCUT2D eigenvalue weighted by molar-refractivity contribution is 7.89. The van der Waals surface area contributed by atoms with Gasteiger partial charge in [0.2, 0.25) is 0 Å². The monoisotopic (exact) mass is 286 g/mol. The summed E-state index contributed by atoms with van der Waals surface area (Å²) in [4.78, 5) is 14.3. The summed E-state index contributed by atoms with van der Waals surface area (Å²) in [7, 11) is -3.70. The summed E-state index contributed by atoms with van der Waals surface area (Å²) in [5, 5.41) is 8.54. The van der Waals surface area contributed by atoms with Gasteiger partial charge in [0.05, 0.1) is 5.56 Å². The van der Waals surface area contributed by atoms with Crippen LogP contribution in [0.25, 0.3) is 0 Å². The van der Waals surface area contributed by atoms with Gasteiger partial charge >= 0.3 is 5.97 Å². The standard InChI is InChI=1S/C12H18N2O4S/c1-8(2)6-9(3)14-19(17,18)11-5-4-10(7-13-11)12(15)16/h4-5,7-9,14H,6H2,1-3H3,(H,15,16). The first-order chi connectivity index (χ1) is 8.72. The third-order valence-corrected chi connectivity index (χ3v) is 3.94. The van der Waals surface area contributed by atoms with Crippen molar-refractivity contribution < 1.29 is 18.3 Å². The highest BCUT2D eigenvalue weighted by Gasteiger charge is 2.19. The molecule has 0 aliphatic carbocycles. The summed E-state index contributed by atoms with van der Waals surface area (Å²) in [6.07, 6.45) is 1.75. The Balaban J connectivity index is 2.85. The van der Waals surface area contributed by atoms with Gasteiger partial charge in [0.1, 0.15) is 0 Å². The van der Waals surface area contributed by atoms with Gasteiger partial charge in [-0.15, -0.1) is 0 Å². The average Bonchev–Trinajstić information content (AvgIpc) is 2.27. The predicted molar refractivity (Wildman–Crippen MR) is 70.4 cm³/mol. The first kappa shape index (κ1) is 15.6. The highest BCUT2D eigenvalue weighted by Crippen LogP contribution is 2.10. The molecule has 0 bridgehead atoms. The van der Waals surface area contributed by atoms with Gasteiger partial charge in [0.15, 0.2) is 5.03 Å². The van der Waals surface area contributed by atoms with E-state index in [2.05, 4.69) is 9.71 Å². The Bertz CT molecular complexity index is 537. The van der Waals surface area contributed by atoms with E-state index in [1.165, 1.54) is 12.1 Å². The summed E-state index contributed by atoms with van der Waals surface area (Å²) >= 11 is 0. The van der Waals surface area contributed by atoms with E-state index in [4.69, 9.17) is 5.11 Å². The molecule has 0 saturated carbocycles. The van der Waals surface area contributed by atoms with Crippen molar-refractivity contribution in [3.05, 3.63) is 23.9 Å². The molecule has 0 spiro atoms. The Morgan fingerprint density at radius 2 is 2.00 bits per heavy atom. The summed E-state index contributed by atoms with van der Waals surface area (Å²) in [5.74, 6) is -0.766. The van der Waals surface area contributed by atoms with Gasteiger partial charge in [0.25, 0.3) is 10.0 Å². The first-order valence-electron chi connectivity index (χ1n) is 5.94. The number of aromatic nitrogens is 1. The van der Waals surface area contributed by atoms with Crippen LogP contribution in [-0.4, -0.2) is 30.5 Å². The Morgan fingerprint density at radius 3 is 2.42 bits per heavy atom. The molecule has 1 heterocycles. The van der Waals surface area contributed by atoms with E-state index < -0.39 is 16.0 Å². The van der Waals surface area contributed by atoms with E-state index in [9.17, 15) is 13.2 Å². The molecule has 106 valence electrons. The molecular formula is C12H18N2O4S. The van der Waals surface area contributed by atoms with Crippen molar-refractivity contribution in [3.63, 3.8) is 0 Å². The molecule has 0 aliphatic heterocycles. The lowest BCUT2D eigenvalue weighted by molar-refractivity contribution is 0.0696. The number of aromatic carboxylic acids is 1. The lowest BCUT2D eigenvalue weighted by atomic mass is 10.1. The van der Waals surface area contributed by atoms with Crippen molar-refractivity contribution in [3.8, 4) is 0 Å². The van der Waals surface area contributed by atoms with Gasteiger partial charge in [-0.2, -0.15) is 0 Å². The van der Waals surface area contributed by atoms with Gasteiger partial charge in [0, 0.05) is 12.2 Å². The molecule has 0 fully saturated rings. The zero-order chi connectivity index (χ0) is 14.6. The van der Waals surface area contributed by atoms with Crippen LogP contribution in [0.3, 0.4) is 0 Å². The van der Waals surface area contributed by atoms with Crippen LogP contribution in [-0.2, 0) is 10.0 Å². The van der Waals surface area contributed by atoms with Crippen LogP contribution in [0.5, 0.6) is 0 Å². The molecule has 6 nitrogen and oxygen atoms in total. The Labute approximate surface area is 112 Å². The van der Waals surface area contributed by atoms with E-state index in [1.54, 1.807) is 6.92 Å². The molecule has 0 aliphatic rings. The van der Waals surface area contributed by atoms with Crippen molar-refractivity contribution >= 4 is 16.0 Å². The van der Waals surface area contributed by atoms with Crippen LogP contribution in [0.4, 0.5) is 0 Å². The van der Waals surface area contributed by atoms with E-state index in [-0.39, 0.29) is 16.6 Å². The third-order valence-electron chi connectivity index (χ3n) is 2.44. The molecule has 0 aromatic carbocycles. The molecule has 1 aromatic rings. The average molecular weight is 286 g/mol. The number of carbonyl (C=O) groups is 1. The zero-order valence-electron chi connectivity index (χ0n) is 11.1. The number of hydrogen-bond donors (Lipinski definition) is 2. The van der Waals surface area contributed by atoms with Crippen molar-refractivity contribution in [1.82, 2.24) is 9.71 Å². The number of nitrogens with zero attached hydrogens (tertiary/aromatic N) is 1. The molecule has 0 saturated heterocycles. The number of sulfonamides is 1. The molecule has 19 heavy (non-hydrogen) atoms. The van der Waals surface area contributed by atoms with Gasteiger partial charge in [-0.3, -0.25) is 0 Å². The SMILES string of the molecule is CC(C)CC(C)NS(=O)(=O)c1ccc(C(=O)O)cn1. The van der Waals surface area contributed by atoms with Crippen LogP contribution < -0.4 is 4.72 Å². The second-order valence-electron chi connectivity index (χ2n) is 4.84. The predicted octanol–water partition coefficient (Wildman–Crippen LogP) is 1.49. The molecule has 1 rings (SSSR count). The van der Waals surface area contributed by atoms with Crippen LogP contribution in [0, 0.1) is 5.92 Å². The van der Waals surface area contributed by atoms with E-state index in [0.717, 1.165) is 6.20 Å². The highest BCUT2D eigenvalue weighted by atomic mass is 32.2. The fourth-order valence-corrected chi connectivity index (χ4v) is 2.93. The van der Waals surface area contributed by atoms with Gasteiger partial charge in [-0.1, -0.05) is 13.8 Å². The van der Waals surface area contributed by atoms with Crippen molar-refractivity contribution in [2.24, 2.45) is 5.92 Å². The number of nitrogens with one attached hydrogen (secondary N) is 1. The zero-order valence-corrected chi connectivity index (χ0v) is 11.9. The first-order valence-corrected chi connectivity index (χ1v) is 7.42.